The van der Waals surface area contributed by atoms with E-state index < -0.39 is 0 Å². The van der Waals surface area contributed by atoms with E-state index in [-0.39, 0.29) is 0 Å². The lowest BCUT2D eigenvalue weighted by molar-refractivity contribution is 0.669. The van der Waals surface area contributed by atoms with Gasteiger partial charge in [0.15, 0.2) is 0 Å². The normalized spacial score (nSPS) is 11.8. The maximum atomic E-state index is 6.46. The summed E-state index contributed by atoms with van der Waals surface area (Å²) in [4.78, 5) is 2.33. The molecule has 10 rings (SSSR count). The number of rotatable bonds is 4. The van der Waals surface area contributed by atoms with Gasteiger partial charge in [-0.2, -0.15) is 0 Å². The molecule has 47 heavy (non-hydrogen) atoms. The molecule has 0 aliphatic carbocycles. The van der Waals surface area contributed by atoms with Gasteiger partial charge in [-0.15, -0.1) is 11.3 Å². The number of fused-ring (bicyclic) bond motifs is 9. The number of hydrogen-bond donors (Lipinski definition) is 0. The summed E-state index contributed by atoms with van der Waals surface area (Å²) in [7, 11) is 0. The zero-order valence-electron chi connectivity index (χ0n) is 25.4. The number of benzene rings is 8. The van der Waals surface area contributed by atoms with Gasteiger partial charge in [0.25, 0.3) is 0 Å². The molecule has 8 aromatic carbocycles. The highest BCUT2D eigenvalue weighted by molar-refractivity contribution is 7.26. The maximum absolute atomic E-state index is 6.46. The van der Waals surface area contributed by atoms with Crippen molar-refractivity contribution in [3.63, 3.8) is 0 Å². The molecule has 0 bridgehead atoms. The second kappa shape index (κ2) is 10.3. The number of furan rings is 1. The Hall–Kier alpha value is -5.90. The highest BCUT2D eigenvalue weighted by atomic mass is 32.1. The van der Waals surface area contributed by atoms with Gasteiger partial charge in [-0.3, -0.25) is 0 Å². The number of hydrogen-bond acceptors (Lipinski definition) is 3. The Morgan fingerprint density at radius 2 is 1.04 bits per heavy atom. The molecule has 220 valence electrons. The SMILES string of the molecule is c1ccc(N(c2ccc(-c3ccc4ccccc4c3)cc2)c2ccc3oc4ccc5c6cc7ccccc7cc6sc5c4c3c2)cc1. The Balaban J connectivity index is 1.13. The molecular weight excluding hydrogens is 591 g/mol. The topological polar surface area (TPSA) is 16.4 Å². The summed E-state index contributed by atoms with van der Waals surface area (Å²) < 4.78 is 9.04. The van der Waals surface area contributed by atoms with Crippen molar-refractivity contribution < 1.29 is 4.42 Å². The first-order chi connectivity index (χ1) is 23.3. The van der Waals surface area contributed by atoms with E-state index >= 15 is 0 Å². The third kappa shape index (κ3) is 4.25. The van der Waals surface area contributed by atoms with Gasteiger partial charge in [-0.1, -0.05) is 91.0 Å². The lowest BCUT2D eigenvalue weighted by Crippen LogP contribution is -2.09. The monoisotopic (exact) mass is 617 g/mol. The van der Waals surface area contributed by atoms with E-state index in [1.807, 2.05) is 11.3 Å². The van der Waals surface area contributed by atoms with Crippen molar-refractivity contribution in [1.29, 1.82) is 0 Å². The van der Waals surface area contributed by atoms with Crippen molar-refractivity contribution in [1.82, 2.24) is 0 Å². The molecule has 0 saturated heterocycles. The molecule has 2 nitrogen and oxygen atoms in total. The molecule has 0 unspecified atom stereocenters. The molecule has 3 heteroatoms. The van der Waals surface area contributed by atoms with E-state index in [9.17, 15) is 0 Å². The summed E-state index contributed by atoms with van der Waals surface area (Å²) in [6.45, 7) is 0. The molecule has 0 N–H and O–H groups in total. The molecule has 0 amide bonds. The van der Waals surface area contributed by atoms with Gasteiger partial charge < -0.3 is 9.32 Å². The number of para-hydroxylation sites is 1. The molecule has 0 aliphatic rings. The quantitative estimate of drug-likeness (QED) is 0.195. The molecule has 0 fully saturated rings. The largest absolute Gasteiger partial charge is 0.456 e. The van der Waals surface area contributed by atoms with Crippen LogP contribution in [-0.2, 0) is 0 Å². The van der Waals surface area contributed by atoms with Crippen LogP contribution >= 0.6 is 11.3 Å². The second-order valence-electron chi connectivity index (χ2n) is 12.2. The highest BCUT2D eigenvalue weighted by Gasteiger charge is 2.18. The van der Waals surface area contributed by atoms with Crippen LogP contribution in [0.4, 0.5) is 17.1 Å². The summed E-state index contributed by atoms with van der Waals surface area (Å²) in [5, 5.41) is 9.94. The van der Waals surface area contributed by atoms with E-state index in [1.54, 1.807) is 0 Å². The molecule has 2 aromatic heterocycles. The van der Waals surface area contributed by atoms with Gasteiger partial charge >= 0.3 is 0 Å². The summed E-state index contributed by atoms with van der Waals surface area (Å²) >= 11 is 1.86. The van der Waals surface area contributed by atoms with Crippen LogP contribution in [0.5, 0.6) is 0 Å². The van der Waals surface area contributed by atoms with Gasteiger partial charge in [0.05, 0.1) is 0 Å². The summed E-state index contributed by atoms with van der Waals surface area (Å²) in [5.41, 5.74) is 7.54. The van der Waals surface area contributed by atoms with Gasteiger partial charge in [0.2, 0.25) is 0 Å². The molecule has 0 spiro atoms. The second-order valence-corrected chi connectivity index (χ2v) is 13.2. The number of anilines is 3. The van der Waals surface area contributed by atoms with Crippen molar-refractivity contribution in [2.45, 2.75) is 0 Å². The Kier molecular flexibility index (Phi) is 5.78. The van der Waals surface area contributed by atoms with Crippen molar-refractivity contribution in [3.05, 3.63) is 164 Å². The number of nitrogens with zero attached hydrogens (tertiary/aromatic N) is 1. The van der Waals surface area contributed by atoms with E-state index in [0.717, 1.165) is 33.6 Å². The van der Waals surface area contributed by atoms with E-state index in [1.165, 1.54) is 58.2 Å². The number of thiophene rings is 1. The summed E-state index contributed by atoms with van der Waals surface area (Å²) in [5.74, 6) is 0. The predicted molar refractivity (Wildman–Crippen MR) is 202 cm³/mol. The third-order valence-electron chi connectivity index (χ3n) is 9.40. The zero-order chi connectivity index (χ0) is 30.9. The Labute approximate surface area is 275 Å². The Morgan fingerprint density at radius 3 is 1.85 bits per heavy atom. The van der Waals surface area contributed by atoms with Crippen molar-refractivity contribution >= 4 is 92.1 Å². The fourth-order valence-electron chi connectivity index (χ4n) is 7.10. The summed E-state index contributed by atoms with van der Waals surface area (Å²) in [6, 6.07) is 59.0. The predicted octanol–water partition coefficient (Wildman–Crippen LogP) is 13.4. The zero-order valence-corrected chi connectivity index (χ0v) is 26.2. The van der Waals surface area contributed by atoms with Gasteiger partial charge in [-0.25, -0.2) is 0 Å². The third-order valence-corrected chi connectivity index (χ3v) is 10.6. The minimum absolute atomic E-state index is 0.901. The Bertz CT molecular complexity index is 2790. The fourth-order valence-corrected chi connectivity index (χ4v) is 8.39. The van der Waals surface area contributed by atoms with Crippen LogP contribution in [0.3, 0.4) is 0 Å². The average Bonchev–Trinajstić information content (AvgIpc) is 3.68. The highest BCUT2D eigenvalue weighted by Crippen LogP contribution is 2.45. The molecule has 0 radical (unpaired) electrons. The van der Waals surface area contributed by atoms with Crippen molar-refractivity contribution in [2.24, 2.45) is 0 Å². The standard InChI is InChI=1S/C44H27NOS/c1-2-12-34(13-3-1)45(35-18-16-29(17-19-35)33-15-14-28-8-4-5-9-30(28)24-33)36-20-22-40-39(27-36)43-41(46-40)23-21-37-38-25-31-10-6-7-11-32(31)26-42(38)47-44(37)43/h1-27H. The molecule has 0 saturated carbocycles. The smallest absolute Gasteiger partial charge is 0.136 e. The van der Waals surface area contributed by atoms with Crippen LogP contribution < -0.4 is 4.90 Å². The molecule has 0 atom stereocenters. The first-order valence-electron chi connectivity index (χ1n) is 15.9. The molecule has 2 heterocycles. The fraction of sp³-hybridized carbons (Fsp3) is 0. The summed E-state index contributed by atoms with van der Waals surface area (Å²) in [6.07, 6.45) is 0. The molecule has 10 aromatic rings. The maximum Gasteiger partial charge on any atom is 0.136 e. The first kappa shape index (κ1) is 26.3. The lowest BCUT2D eigenvalue weighted by Gasteiger charge is -2.25. The van der Waals surface area contributed by atoms with E-state index in [4.69, 9.17) is 4.42 Å². The van der Waals surface area contributed by atoms with E-state index in [0.29, 0.717) is 0 Å². The van der Waals surface area contributed by atoms with Crippen LogP contribution in [0.1, 0.15) is 0 Å². The van der Waals surface area contributed by atoms with Crippen molar-refractivity contribution in [2.75, 3.05) is 4.90 Å². The minimum atomic E-state index is 0.901. The minimum Gasteiger partial charge on any atom is -0.456 e. The molecular formula is C44H27NOS. The van der Waals surface area contributed by atoms with Gasteiger partial charge in [0, 0.05) is 48.0 Å². The molecule has 0 aliphatic heterocycles. The average molecular weight is 618 g/mol. The lowest BCUT2D eigenvalue weighted by atomic mass is 10.0. The Morgan fingerprint density at radius 1 is 0.404 bits per heavy atom. The van der Waals surface area contributed by atoms with Crippen LogP contribution in [0.25, 0.3) is 74.8 Å². The first-order valence-corrected chi connectivity index (χ1v) is 16.7. The van der Waals surface area contributed by atoms with Crippen LogP contribution in [-0.4, -0.2) is 0 Å². The van der Waals surface area contributed by atoms with Crippen LogP contribution in [0, 0.1) is 0 Å². The van der Waals surface area contributed by atoms with Crippen LogP contribution in [0.2, 0.25) is 0 Å². The van der Waals surface area contributed by atoms with Crippen LogP contribution in [0.15, 0.2) is 168 Å². The van der Waals surface area contributed by atoms with Crippen molar-refractivity contribution in [3.8, 4) is 11.1 Å². The van der Waals surface area contributed by atoms with Gasteiger partial charge in [-0.05, 0) is 105 Å². The van der Waals surface area contributed by atoms with E-state index in [2.05, 4.69) is 169 Å². The van der Waals surface area contributed by atoms with Gasteiger partial charge in [0.1, 0.15) is 11.2 Å².